The van der Waals surface area contributed by atoms with Crippen LogP contribution in [0.15, 0.2) is 24.3 Å². The summed E-state index contributed by atoms with van der Waals surface area (Å²) in [7, 11) is 0. The zero-order chi connectivity index (χ0) is 91.1. The molecule has 6 fully saturated rings. The van der Waals surface area contributed by atoms with Crippen LogP contribution in [0.3, 0.4) is 0 Å². The fraction of sp³-hybridized carbons (Fsp3) is 0.703. The van der Waals surface area contributed by atoms with Crippen LogP contribution < -0.4 is 31.9 Å². The van der Waals surface area contributed by atoms with Crippen LogP contribution in [-0.4, -0.2) is 356 Å². The second kappa shape index (κ2) is 49.9. The lowest BCUT2D eigenvalue weighted by atomic mass is 9.98. The van der Waals surface area contributed by atoms with Crippen LogP contribution in [0.25, 0.3) is 0 Å². The molecular formula is C74H106F4N10O34. The molecule has 44 nitrogen and oxygen atoms in total. The summed E-state index contributed by atoms with van der Waals surface area (Å²) in [6.07, 6.45) is -20.1. The second-order valence-corrected chi connectivity index (χ2v) is 29.3. The highest BCUT2D eigenvalue weighted by Gasteiger charge is 2.50. The zero-order valence-corrected chi connectivity index (χ0v) is 67.5. The van der Waals surface area contributed by atoms with E-state index in [0.717, 1.165) is 54.5 Å². The highest BCUT2D eigenvalue weighted by Crippen LogP contribution is 2.29. The summed E-state index contributed by atoms with van der Waals surface area (Å²) < 4.78 is 96.6. The van der Waals surface area contributed by atoms with E-state index < -0.39 is 220 Å². The number of imide groups is 4. The van der Waals surface area contributed by atoms with Gasteiger partial charge < -0.3 is 111 Å². The van der Waals surface area contributed by atoms with Gasteiger partial charge in [-0.15, -0.1) is 0 Å². The van der Waals surface area contributed by atoms with Crippen molar-refractivity contribution in [1.82, 2.24) is 51.5 Å². The van der Waals surface area contributed by atoms with Gasteiger partial charge in [0.05, 0.1) is 12.8 Å². The number of halogens is 4. The molecule has 6 unspecified atom stereocenters. The number of aliphatic hydroxyl groups is 8. The third-order valence-electron chi connectivity index (χ3n) is 19.5. The minimum Gasteiger partial charge on any atom is -0.463 e. The van der Waals surface area contributed by atoms with Gasteiger partial charge in [0.2, 0.25) is 59.1 Å². The SMILES string of the molecule is CC(=O)N[C@H]1C(O)O[C@H](COC(=O)CCC(=O)NCCN2C(=O)C=CC2=O)[C@@H](F)[C@@H]1O.CC(=O)N[C@H]1C(O)O[C@H](COC(=O)CCC(=O)NCCN2C(=O)CC(C)C2=O)[C@@H](F)[C@@H]1O.CC(=O)N[C@H]1C(O)O[C@H](COC(=O)CCCCCN2C(=O)C=CC2=O)[C@@H](F)[C@@H]1O.CC(=O)N[C@H]1C(O)O[C@H](COC(=O)CCCCCN2C(=O)CC(C)C2=O)[C@@H](F)[C@@H]1O. The second-order valence-electron chi connectivity index (χ2n) is 29.3. The topological polar surface area (TPSA) is 628 Å². The summed E-state index contributed by atoms with van der Waals surface area (Å²) in [6.45, 7) is 6.38. The van der Waals surface area contributed by atoms with Crippen LogP contribution in [0.1, 0.15) is 131 Å². The molecule has 8 rings (SSSR count). The maximum Gasteiger partial charge on any atom is 0.306 e. The Bertz CT molecular complexity index is 3740. The molecule has 48 heteroatoms. The number of esters is 4. The Balaban J connectivity index is 0.000000289. The Hall–Kier alpha value is -10.0. The van der Waals surface area contributed by atoms with Gasteiger partial charge in [-0.25, -0.2) is 17.6 Å². The number of rotatable bonds is 36. The van der Waals surface area contributed by atoms with E-state index in [-0.39, 0.29) is 131 Å². The maximum absolute atomic E-state index is 14.3. The molecule has 14 amide bonds. The number of carbonyl (C=O) groups excluding carboxylic acids is 18. The van der Waals surface area contributed by atoms with E-state index in [4.69, 9.17) is 37.9 Å². The van der Waals surface area contributed by atoms with E-state index in [2.05, 4.69) is 31.9 Å². The number of amides is 14. The number of aliphatic hydroxyl groups excluding tert-OH is 8. The van der Waals surface area contributed by atoms with Crippen LogP contribution in [0, 0.1) is 11.8 Å². The Morgan fingerprint density at radius 3 is 0.869 bits per heavy atom. The molecule has 22 atom stereocenters. The molecule has 0 aromatic rings. The monoisotopic (exact) mass is 1750 g/mol. The molecule has 8 aliphatic heterocycles. The van der Waals surface area contributed by atoms with Crippen LogP contribution >= 0.6 is 0 Å². The Morgan fingerprint density at radius 2 is 0.607 bits per heavy atom. The molecule has 0 radical (unpaired) electrons. The highest BCUT2D eigenvalue weighted by molar-refractivity contribution is 6.13. The normalized spacial score (nSPS) is 29.8. The van der Waals surface area contributed by atoms with Crippen LogP contribution in [0.2, 0.25) is 0 Å². The summed E-state index contributed by atoms with van der Waals surface area (Å²) in [6, 6.07) is -5.38. The number of nitrogens with zero attached hydrogens (tertiary/aromatic N) is 4. The number of unbranched alkanes of at least 4 members (excludes halogenated alkanes) is 4. The molecule has 122 heavy (non-hydrogen) atoms. The first-order chi connectivity index (χ1) is 57.4. The summed E-state index contributed by atoms with van der Waals surface area (Å²) in [4.78, 5) is 212. The van der Waals surface area contributed by atoms with E-state index >= 15 is 0 Å². The van der Waals surface area contributed by atoms with Crippen molar-refractivity contribution >= 4 is 107 Å². The zero-order valence-electron chi connectivity index (χ0n) is 67.5. The third-order valence-corrected chi connectivity index (χ3v) is 19.5. The van der Waals surface area contributed by atoms with Crippen molar-refractivity contribution in [2.75, 3.05) is 65.7 Å². The van der Waals surface area contributed by atoms with Crippen molar-refractivity contribution < 1.29 is 183 Å². The fourth-order valence-corrected chi connectivity index (χ4v) is 12.9. The minimum atomic E-state index is -2.04. The molecular weight excluding hydrogens is 1650 g/mol. The largest absolute Gasteiger partial charge is 0.463 e. The van der Waals surface area contributed by atoms with Gasteiger partial charge in [-0.1, -0.05) is 26.7 Å². The van der Waals surface area contributed by atoms with Crippen molar-refractivity contribution in [3.05, 3.63) is 24.3 Å². The maximum atomic E-state index is 14.3. The molecule has 6 saturated heterocycles. The van der Waals surface area contributed by atoms with Gasteiger partial charge >= 0.3 is 23.9 Å². The molecule has 0 aromatic carbocycles. The van der Waals surface area contributed by atoms with Gasteiger partial charge in [0.15, 0.2) is 49.8 Å². The number of ether oxygens (including phenoxy) is 8. The van der Waals surface area contributed by atoms with Crippen LogP contribution in [0.5, 0.6) is 0 Å². The lowest BCUT2D eigenvalue weighted by Gasteiger charge is -2.39. The number of nitrogens with one attached hydrogen (secondary N) is 6. The van der Waals surface area contributed by atoms with Crippen LogP contribution in [-0.2, 0) is 124 Å². The first-order valence-electron chi connectivity index (χ1n) is 39.0. The van der Waals surface area contributed by atoms with E-state index in [1.54, 1.807) is 13.8 Å². The van der Waals surface area contributed by atoms with Crippen molar-refractivity contribution in [2.24, 2.45) is 11.8 Å². The Morgan fingerprint density at radius 1 is 0.361 bits per heavy atom. The van der Waals surface area contributed by atoms with E-state index in [9.17, 15) is 145 Å². The summed E-state index contributed by atoms with van der Waals surface area (Å²) in [5.74, 6) is -9.46. The van der Waals surface area contributed by atoms with Gasteiger partial charge in [-0.05, 0) is 25.7 Å². The summed E-state index contributed by atoms with van der Waals surface area (Å²) in [5, 5.41) is 92.6. The first-order valence-corrected chi connectivity index (χ1v) is 39.0. The van der Waals surface area contributed by atoms with Gasteiger partial charge in [-0.3, -0.25) is 106 Å². The van der Waals surface area contributed by atoms with Crippen molar-refractivity contribution in [3.63, 3.8) is 0 Å². The molecule has 8 aliphatic rings. The highest BCUT2D eigenvalue weighted by atomic mass is 19.1. The number of carbonyl (C=O) groups is 18. The van der Waals surface area contributed by atoms with Gasteiger partial charge in [0.25, 0.3) is 23.6 Å². The molecule has 14 N–H and O–H groups in total. The minimum absolute atomic E-state index is 0.0116. The van der Waals surface area contributed by atoms with Gasteiger partial charge in [0.1, 0.15) is 99.4 Å². The number of likely N-dealkylation sites (tertiary alicyclic amines) is 2. The average Bonchev–Trinajstić information content (AvgIpc) is 1.24. The predicted molar refractivity (Wildman–Crippen MR) is 396 cm³/mol. The first kappa shape index (κ1) is 103. The van der Waals surface area contributed by atoms with E-state index in [1.165, 1.54) is 17.1 Å². The molecule has 0 aliphatic carbocycles. The van der Waals surface area contributed by atoms with Gasteiger partial charge in [0, 0.05) is 142 Å². The number of hydrogen-bond donors (Lipinski definition) is 14. The predicted octanol–water partition coefficient (Wildman–Crippen LogP) is -6.64. The van der Waals surface area contributed by atoms with E-state index in [0.29, 0.717) is 45.1 Å². The van der Waals surface area contributed by atoms with E-state index in [1.807, 2.05) is 0 Å². The third kappa shape index (κ3) is 32.0. The molecule has 8 heterocycles. The lowest BCUT2D eigenvalue weighted by Crippen LogP contribution is -2.62. The van der Waals surface area contributed by atoms with Crippen molar-refractivity contribution in [3.8, 4) is 0 Å². The quantitative estimate of drug-likeness (QED) is 0.00912. The molecule has 0 spiro atoms. The molecule has 0 bridgehead atoms. The molecule has 0 aromatic heterocycles. The molecule has 684 valence electrons. The lowest BCUT2D eigenvalue weighted by molar-refractivity contribution is -0.242. The fourth-order valence-electron chi connectivity index (χ4n) is 12.9. The Kier molecular flexibility index (Phi) is 42.0. The molecule has 0 saturated carbocycles. The van der Waals surface area contributed by atoms with Crippen molar-refractivity contribution in [1.29, 1.82) is 0 Å². The summed E-state index contributed by atoms with van der Waals surface area (Å²) in [5.41, 5.74) is 0. The summed E-state index contributed by atoms with van der Waals surface area (Å²) >= 11 is 0. The average molecular weight is 1760 g/mol. The van der Waals surface area contributed by atoms with Gasteiger partial charge in [-0.2, -0.15) is 0 Å². The van der Waals surface area contributed by atoms with Crippen molar-refractivity contribution in [2.45, 2.75) is 254 Å². The van der Waals surface area contributed by atoms with Crippen LogP contribution in [0.4, 0.5) is 17.6 Å². The Labute approximate surface area is 694 Å². The number of hydrogen-bond acceptors (Lipinski definition) is 34. The standard InChI is InChI=1S/C19H28FN3O9.C19H29FN2O8.C18H24FN3O9.C18H25FN2O8/c1-9-7-13(26)23(18(9)29)6-5-21-12(25)3-4-14(27)31-8-11-15(20)17(28)16(19(30)32-11)22-10(2)24;1-10-8-13(24)22(18(10)27)7-5-3-4-6-14(25)29-9-12-15(20)17(26)16(19(28)30-12)21-11(2)23;1-9(23)21-16-17(28)15(19)10(31-18(16)29)8-30-14(27)5-2-11(24)20-6-7-22-12(25)3-4-13(22)26;1-10(22)20-16-17(26)15(19)11(29-18(16)27)9-28-14(25)5-3-2-4-8-21-12(23)6-7-13(21)24/h9,11,15-17,19,28,30H,3-8H2,1-2H3,(H,21,25)(H,22,24);10,12,15-17,19,26,28H,3-9H2,1-2H3,(H,21,23);3-4,10,15-18,28-29H,2,5-8H2,1H3,(H,20,24)(H,21,23);6-7,11,15-18,26-27H,2-5,8-9H2,1H3,(H,20,22)/t9?,11-,15-,16-,17+,19?;10?,12-,15-,16-,17+,19?;10-,15-,16-,17+,18?;11-,15-,16-,17+,18?/m1111/s1. The number of alkyl halides is 4. The smallest absolute Gasteiger partial charge is 0.306 e.